The van der Waals surface area contributed by atoms with E-state index in [9.17, 15) is 8.42 Å². The third-order valence-electron chi connectivity index (χ3n) is 1.22. The summed E-state index contributed by atoms with van der Waals surface area (Å²) in [4.78, 5) is 7.47. The summed E-state index contributed by atoms with van der Waals surface area (Å²) in [5.74, 6) is 0.241. The highest BCUT2D eigenvalue weighted by Crippen LogP contribution is 2.08. The van der Waals surface area contributed by atoms with E-state index in [2.05, 4.69) is 9.97 Å². The van der Waals surface area contributed by atoms with Crippen LogP contribution in [0.4, 0.5) is 0 Å². The maximum Gasteiger partial charge on any atom is 0.239 e. The monoisotopic (exact) mass is 222 g/mol. The standard InChI is InChI=1S/C6H7ClN2O3S/c1-12-5-2-8-6(9-3-5)4-13(7,10)11/h2-3H,4H2,1H3. The van der Waals surface area contributed by atoms with Crippen molar-refractivity contribution < 1.29 is 13.2 Å². The molecule has 0 aliphatic rings. The molecule has 0 aliphatic heterocycles. The quantitative estimate of drug-likeness (QED) is 0.699. The average molecular weight is 223 g/mol. The van der Waals surface area contributed by atoms with Crippen LogP contribution in [0.25, 0.3) is 0 Å². The molecule has 0 aromatic carbocycles. The van der Waals surface area contributed by atoms with Gasteiger partial charge in [0.05, 0.1) is 19.5 Å². The van der Waals surface area contributed by atoms with E-state index in [1.807, 2.05) is 0 Å². The van der Waals surface area contributed by atoms with Crippen molar-refractivity contribution in [1.82, 2.24) is 9.97 Å². The number of ether oxygens (including phenoxy) is 1. The molecule has 0 saturated carbocycles. The van der Waals surface area contributed by atoms with Gasteiger partial charge in [-0.05, 0) is 0 Å². The second-order valence-corrected chi connectivity index (χ2v) is 5.00. The first-order valence-corrected chi connectivity index (χ1v) is 5.76. The van der Waals surface area contributed by atoms with Crippen molar-refractivity contribution in [2.45, 2.75) is 5.75 Å². The minimum Gasteiger partial charge on any atom is -0.494 e. The van der Waals surface area contributed by atoms with Crippen molar-refractivity contribution >= 4 is 19.7 Å². The molecular weight excluding hydrogens is 216 g/mol. The summed E-state index contributed by atoms with van der Waals surface area (Å²) in [6, 6.07) is 0. The Balaban J connectivity index is 2.81. The van der Waals surface area contributed by atoms with Crippen molar-refractivity contribution in [1.29, 1.82) is 0 Å². The first kappa shape index (κ1) is 10.2. The summed E-state index contributed by atoms with van der Waals surface area (Å²) in [6.45, 7) is 0. The third-order valence-corrected chi connectivity index (χ3v) is 2.15. The van der Waals surface area contributed by atoms with Gasteiger partial charge < -0.3 is 4.74 Å². The molecule has 1 heterocycles. The van der Waals surface area contributed by atoms with Crippen LogP contribution in [-0.4, -0.2) is 25.5 Å². The highest BCUT2D eigenvalue weighted by Gasteiger charge is 2.09. The third kappa shape index (κ3) is 3.56. The van der Waals surface area contributed by atoms with E-state index in [1.54, 1.807) is 0 Å². The van der Waals surface area contributed by atoms with E-state index in [0.717, 1.165) is 0 Å². The van der Waals surface area contributed by atoms with E-state index < -0.39 is 9.05 Å². The van der Waals surface area contributed by atoms with E-state index in [0.29, 0.717) is 5.75 Å². The molecule has 0 amide bonds. The zero-order valence-electron chi connectivity index (χ0n) is 6.77. The predicted octanol–water partition coefficient (Wildman–Crippen LogP) is 0.554. The Morgan fingerprint density at radius 2 is 2.00 bits per heavy atom. The van der Waals surface area contributed by atoms with Crippen LogP contribution in [-0.2, 0) is 14.8 Å². The lowest BCUT2D eigenvalue weighted by Gasteiger charge is -1.98. The Morgan fingerprint density at radius 3 is 2.38 bits per heavy atom. The molecule has 0 bridgehead atoms. The number of halogens is 1. The Kier molecular flexibility index (Phi) is 3.05. The number of hydrogen-bond donors (Lipinski definition) is 0. The number of methoxy groups -OCH3 is 1. The highest BCUT2D eigenvalue weighted by atomic mass is 35.7. The van der Waals surface area contributed by atoms with Crippen molar-refractivity contribution in [2.24, 2.45) is 0 Å². The number of aromatic nitrogens is 2. The second-order valence-electron chi connectivity index (χ2n) is 2.22. The van der Waals surface area contributed by atoms with E-state index in [-0.39, 0.29) is 11.6 Å². The fourth-order valence-corrected chi connectivity index (χ4v) is 1.43. The summed E-state index contributed by atoms with van der Waals surface area (Å²) in [7, 11) is 2.88. The topological polar surface area (TPSA) is 69.2 Å². The molecule has 0 atom stereocenters. The van der Waals surface area contributed by atoms with Crippen LogP contribution < -0.4 is 4.74 Å². The van der Waals surface area contributed by atoms with Gasteiger partial charge in [-0.15, -0.1) is 0 Å². The minimum atomic E-state index is -3.59. The Hall–Kier alpha value is -0.880. The van der Waals surface area contributed by atoms with Crippen LogP contribution >= 0.6 is 10.7 Å². The SMILES string of the molecule is COc1cnc(CS(=O)(=O)Cl)nc1. The Morgan fingerprint density at radius 1 is 1.46 bits per heavy atom. The second kappa shape index (κ2) is 3.89. The Bertz CT molecular complexity index is 375. The molecule has 0 N–H and O–H groups in total. The van der Waals surface area contributed by atoms with Crippen LogP contribution in [0.5, 0.6) is 5.75 Å². The van der Waals surface area contributed by atoms with Crippen LogP contribution in [0.15, 0.2) is 12.4 Å². The molecule has 1 rings (SSSR count). The molecule has 5 nitrogen and oxygen atoms in total. The zero-order valence-corrected chi connectivity index (χ0v) is 8.34. The highest BCUT2D eigenvalue weighted by molar-refractivity contribution is 8.13. The molecule has 0 spiro atoms. The average Bonchev–Trinajstić information content (AvgIpc) is 2.03. The maximum absolute atomic E-state index is 10.6. The van der Waals surface area contributed by atoms with Crippen molar-refractivity contribution in [3.63, 3.8) is 0 Å². The predicted molar refractivity (Wildman–Crippen MR) is 47.1 cm³/mol. The van der Waals surface area contributed by atoms with Gasteiger partial charge in [0.25, 0.3) is 0 Å². The number of nitrogens with zero attached hydrogens (tertiary/aromatic N) is 2. The van der Waals surface area contributed by atoms with E-state index >= 15 is 0 Å². The molecule has 0 unspecified atom stereocenters. The summed E-state index contributed by atoms with van der Waals surface area (Å²) < 4.78 is 26.0. The molecule has 0 aliphatic carbocycles. The molecular formula is C6H7ClN2O3S. The first-order valence-electron chi connectivity index (χ1n) is 3.28. The van der Waals surface area contributed by atoms with Gasteiger partial charge in [-0.3, -0.25) is 0 Å². The first-order chi connectivity index (χ1) is 6.01. The molecule has 13 heavy (non-hydrogen) atoms. The summed E-state index contributed by atoms with van der Waals surface area (Å²) in [5, 5.41) is 0. The molecule has 0 saturated heterocycles. The molecule has 0 radical (unpaired) electrons. The molecule has 1 aromatic heterocycles. The largest absolute Gasteiger partial charge is 0.494 e. The van der Waals surface area contributed by atoms with Gasteiger partial charge in [0.15, 0.2) is 5.75 Å². The van der Waals surface area contributed by atoms with Gasteiger partial charge in [-0.25, -0.2) is 18.4 Å². The van der Waals surface area contributed by atoms with Crippen LogP contribution in [0, 0.1) is 0 Å². The van der Waals surface area contributed by atoms with E-state index in [1.165, 1.54) is 19.5 Å². The van der Waals surface area contributed by atoms with Gasteiger partial charge in [-0.2, -0.15) is 0 Å². The lowest BCUT2D eigenvalue weighted by molar-refractivity contribution is 0.410. The summed E-state index contributed by atoms with van der Waals surface area (Å²) in [6.07, 6.45) is 2.76. The van der Waals surface area contributed by atoms with Gasteiger partial charge in [0.1, 0.15) is 11.6 Å². The molecule has 72 valence electrons. The van der Waals surface area contributed by atoms with Gasteiger partial charge in [-0.1, -0.05) is 0 Å². The molecule has 0 fully saturated rings. The normalized spacial score (nSPS) is 11.2. The number of rotatable bonds is 3. The van der Waals surface area contributed by atoms with Crippen molar-refractivity contribution in [3.05, 3.63) is 18.2 Å². The van der Waals surface area contributed by atoms with Crippen molar-refractivity contribution in [2.75, 3.05) is 7.11 Å². The maximum atomic E-state index is 10.6. The molecule has 1 aromatic rings. The number of hydrogen-bond acceptors (Lipinski definition) is 5. The zero-order chi connectivity index (χ0) is 9.90. The Labute approximate surface area is 80.1 Å². The van der Waals surface area contributed by atoms with Crippen LogP contribution in [0.2, 0.25) is 0 Å². The summed E-state index contributed by atoms with van der Waals surface area (Å²) in [5.41, 5.74) is 0. The van der Waals surface area contributed by atoms with Gasteiger partial charge >= 0.3 is 0 Å². The van der Waals surface area contributed by atoms with Crippen LogP contribution in [0.1, 0.15) is 5.82 Å². The minimum absolute atomic E-state index is 0.149. The van der Waals surface area contributed by atoms with Gasteiger partial charge in [0.2, 0.25) is 9.05 Å². The van der Waals surface area contributed by atoms with Gasteiger partial charge in [0, 0.05) is 10.7 Å². The fraction of sp³-hybridized carbons (Fsp3) is 0.333. The smallest absolute Gasteiger partial charge is 0.239 e. The lowest BCUT2D eigenvalue weighted by Crippen LogP contribution is -2.01. The molecule has 7 heteroatoms. The lowest BCUT2D eigenvalue weighted by atomic mass is 10.6. The van der Waals surface area contributed by atoms with Crippen LogP contribution in [0.3, 0.4) is 0 Å². The summed E-state index contributed by atoms with van der Waals surface area (Å²) >= 11 is 0. The fourth-order valence-electron chi connectivity index (χ4n) is 0.677. The van der Waals surface area contributed by atoms with Crippen molar-refractivity contribution in [3.8, 4) is 5.75 Å². The van der Waals surface area contributed by atoms with E-state index in [4.69, 9.17) is 15.4 Å².